The van der Waals surface area contributed by atoms with E-state index < -0.39 is 0 Å². The number of rotatable bonds is 3. The summed E-state index contributed by atoms with van der Waals surface area (Å²) in [6, 6.07) is 15.5. The lowest BCUT2D eigenvalue weighted by Crippen LogP contribution is -2.45. The number of anilines is 1. The van der Waals surface area contributed by atoms with Gasteiger partial charge in [-0.15, -0.1) is 0 Å². The Morgan fingerprint density at radius 3 is 2.48 bits per heavy atom. The van der Waals surface area contributed by atoms with Crippen LogP contribution in [0.3, 0.4) is 0 Å². The molecule has 128 valence electrons. The first-order valence-electron chi connectivity index (χ1n) is 8.17. The van der Waals surface area contributed by atoms with Crippen molar-refractivity contribution in [1.29, 1.82) is 0 Å². The first kappa shape index (κ1) is 17.2. The third-order valence-electron chi connectivity index (χ3n) is 4.28. The number of carbonyl (C=O) groups is 1. The summed E-state index contributed by atoms with van der Waals surface area (Å²) in [5, 5.41) is 9.82. The number of hydrogen-bond donors (Lipinski definition) is 3. The summed E-state index contributed by atoms with van der Waals surface area (Å²) in [4.78, 5) is 13.0. The number of allylic oxidation sites excluding steroid dienone is 1. The molecule has 0 aliphatic carbocycles. The van der Waals surface area contributed by atoms with Crippen LogP contribution in [0, 0.1) is 13.8 Å². The first-order chi connectivity index (χ1) is 12.0. The van der Waals surface area contributed by atoms with Crippen LogP contribution in [-0.2, 0) is 4.79 Å². The van der Waals surface area contributed by atoms with E-state index in [1.54, 1.807) is 0 Å². The third-order valence-corrected chi connectivity index (χ3v) is 4.50. The van der Waals surface area contributed by atoms with Crippen molar-refractivity contribution >= 4 is 28.9 Å². The van der Waals surface area contributed by atoms with Crippen LogP contribution in [0.2, 0.25) is 0 Å². The molecule has 5 heteroatoms. The Hall–Kier alpha value is -2.66. The van der Waals surface area contributed by atoms with Crippen LogP contribution < -0.4 is 16.0 Å². The predicted octanol–water partition coefficient (Wildman–Crippen LogP) is 3.73. The number of aryl methyl sites for hydroxylation is 2. The van der Waals surface area contributed by atoms with Crippen LogP contribution in [0.4, 0.5) is 5.69 Å². The van der Waals surface area contributed by atoms with Gasteiger partial charge < -0.3 is 16.0 Å². The molecule has 2 aromatic carbocycles. The van der Waals surface area contributed by atoms with Crippen molar-refractivity contribution in [3.05, 3.63) is 76.5 Å². The molecule has 0 fully saturated rings. The van der Waals surface area contributed by atoms with E-state index in [2.05, 4.69) is 22.0 Å². The molecule has 0 saturated heterocycles. The molecule has 0 aromatic heterocycles. The molecule has 1 aliphatic rings. The van der Waals surface area contributed by atoms with Gasteiger partial charge in [-0.1, -0.05) is 48.0 Å². The molecule has 1 aliphatic heterocycles. The lowest BCUT2D eigenvalue weighted by Gasteiger charge is -2.30. The van der Waals surface area contributed by atoms with Crippen molar-refractivity contribution in [1.82, 2.24) is 10.6 Å². The molecule has 0 spiro atoms. The number of nitrogens with one attached hydrogen (secondary N) is 3. The van der Waals surface area contributed by atoms with Crippen molar-refractivity contribution in [2.24, 2.45) is 0 Å². The first-order valence-corrected chi connectivity index (χ1v) is 8.58. The highest BCUT2D eigenvalue weighted by atomic mass is 32.1. The molecule has 0 saturated carbocycles. The van der Waals surface area contributed by atoms with E-state index in [0.717, 1.165) is 22.5 Å². The lowest BCUT2D eigenvalue weighted by molar-refractivity contribution is -0.113. The lowest BCUT2D eigenvalue weighted by atomic mass is 9.95. The Morgan fingerprint density at radius 1 is 1.08 bits per heavy atom. The zero-order valence-corrected chi connectivity index (χ0v) is 15.3. The topological polar surface area (TPSA) is 53.2 Å². The van der Waals surface area contributed by atoms with E-state index in [-0.39, 0.29) is 11.9 Å². The molecule has 1 heterocycles. The standard InChI is InChI=1S/C20H21N3OS/c1-12-9-10-16(13(2)11-12)22-19(24)17-14(3)21-20(25)23-18(17)15-7-5-4-6-8-15/h4-11,18H,1-3H3,(H,22,24)(H2,21,23,25). The van der Waals surface area contributed by atoms with E-state index in [9.17, 15) is 4.79 Å². The van der Waals surface area contributed by atoms with Crippen molar-refractivity contribution in [2.75, 3.05) is 5.32 Å². The molecule has 0 radical (unpaired) electrons. The fourth-order valence-corrected chi connectivity index (χ4v) is 3.30. The number of carbonyl (C=O) groups excluding carboxylic acids is 1. The van der Waals surface area contributed by atoms with Gasteiger partial charge in [0.25, 0.3) is 5.91 Å². The van der Waals surface area contributed by atoms with Crippen molar-refractivity contribution < 1.29 is 4.79 Å². The van der Waals surface area contributed by atoms with E-state index in [1.807, 2.05) is 63.2 Å². The minimum atomic E-state index is -0.277. The minimum Gasteiger partial charge on any atom is -0.351 e. The van der Waals surface area contributed by atoms with Crippen LogP contribution in [-0.4, -0.2) is 11.0 Å². The molecule has 3 N–H and O–H groups in total. The summed E-state index contributed by atoms with van der Waals surface area (Å²) < 4.78 is 0. The van der Waals surface area contributed by atoms with Crippen LogP contribution in [0.1, 0.15) is 29.7 Å². The molecule has 0 bridgehead atoms. The SMILES string of the molecule is CC1=C(C(=O)Nc2ccc(C)cc2C)C(c2ccccc2)NC(=S)N1. The van der Waals surface area contributed by atoms with E-state index in [1.165, 1.54) is 5.56 Å². The zero-order valence-electron chi connectivity index (χ0n) is 14.5. The Morgan fingerprint density at radius 2 is 1.80 bits per heavy atom. The van der Waals surface area contributed by atoms with Crippen LogP contribution >= 0.6 is 12.2 Å². The predicted molar refractivity (Wildman–Crippen MR) is 105 cm³/mol. The summed E-state index contributed by atoms with van der Waals surface area (Å²) in [6.07, 6.45) is 0. The molecule has 3 rings (SSSR count). The molecule has 1 amide bonds. The average Bonchev–Trinajstić information content (AvgIpc) is 2.57. The second kappa shape index (κ2) is 7.07. The third kappa shape index (κ3) is 3.72. The highest BCUT2D eigenvalue weighted by molar-refractivity contribution is 7.80. The maximum atomic E-state index is 13.0. The monoisotopic (exact) mass is 351 g/mol. The molecule has 1 atom stereocenters. The molecule has 4 nitrogen and oxygen atoms in total. The van der Waals surface area contributed by atoms with Gasteiger partial charge in [-0.3, -0.25) is 4.79 Å². The van der Waals surface area contributed by atoms with Gasteiger partial charge >= 0.3 is 0 Å². The van der Waals surface area contributed by atoms with Crippen molar-refractivity contribution in [3.8, 4) is 0 Å². The Kier molecular flexibility index (Phi) is 4.86. The maximum Gasteiger partial charge on any atom is 0.255 e. The molecular formula is C20H21N3OS. The summed E-state index contributed by atoms with van der Waals surface area (Å²) in [6.45, 7) is 5.90. The number of thiocarbonyl (C=S) groups is 1. The van der Waals surface area contributed by atoms with Gasteiger partial charge in [0.05, 0.1) is 11.6 Å². The molecule has 25 heavy (non-hydrogen) atoms. The highest BCUT2D eigenvalue weighted by Gasteiger charge is 2.29. The van der Waals surface area contributed by atoms with Crippen LogP contribution in [0.15, 0.2) is 59.8 Å². The normalized spacial score (nSPS) is 16.9. The van der Waals surface area contributed by atoms with E-state index >= 15 is 0 Å². The quantitative estimate of drug-likeness (QED) is 0.738. The average molecular weight is 351 g/mol. The largest absolute Gasteiger partial charge is 0.351 e. The second-order valence-electron chi connectivity index (χ2n) is 6.25. The van der Waals surface area contributed by atoms with E-state index in [0.29, 0.717) is 10.7 Å². The summed E-state index contributed by atoms with van der Waals surface area (Å²) in [5.74, 6) is -0.138. The number of benzene rings is 2. The zero-order chi connectivity index (χ0) is 18.0. The van der Waals surface area contributed by atoms with Gasteiger partial charge in [0.2, 0.25) is 0 Å². The Bertz CT molecular complexity index is 858. The second-order valence-corrected chi connectivity index (χ2v) is 6.66. The van der Waals surface area contributed by atoms with Crippen molar-refractivity contribution in [2.45, 2.75) is 26.8 Å². The number of amides is 1. The van der Waals surface area contributed by atoms with Gasteiger partial charge in [0, 0.05) is 11.4 Å². The minimum absolute atomic E-state index is 0.138. The summed E-state index contributed by atoms with van der Waals surface area (Å²) >= 11 is 5.28. The van der Waals surface area contributed by atoms with Crippen molar-refractivity contribution in [3.63, 3.8) is 0 Å². The highest BCUT2D eigenvalue weighted by Crippen LogP contribution is 2.28. The maximum absolute atomic E-state index is 13.0. The van der Waals surface area contributed by atoms with Gasteiger partial charge in [-0.05, 0) is 50.2 Å². The summed E-state index contributed by atoms with van der Waals surface area (Å²) in [5.41, 5.74) is 5.42. The smallest absolute Gasteiger partial charge is 0.255 e. The van der Waals surface area contributed by atoms with Gasteiger partial charge in [-0.25, -0.2) is 0 Å². The van der Waals surface area contributed by atoms with Gasteiger partial charge in [0.15, 0.2) is 5.11 Å². The fourth-order valence-electron chi connectivity index (χ4n) is 3.03. The van der Waals surface area contributed by atoms with Crippen LogP contribution in [0.5, 0.6) is 0 Å². The Balaban J connectivity index is 1.95. The molecule has 1 unspecified atom stereocenters. The van der Waals surface area contributed by atoms with Gasteiger partial charge in [0.1, 0.15) is 0 Å². The van der Waals surface area contributed by atoms with E-state index in [4.69, 9.17) is 12.2 Å². The summed E-state index contributed by atoms with van der Waals surface area (Å²) in [7, 11) is 0. The van der Waals surface area contributed by atoms with Crippen LogP contribution in [0.25, 0.3) is 0 Å². The molecule has 2 aromatic rings. The molecular weight excluding hydrogens is 330 g/mol. The number of hydrogen-bond acceptors (Lipinski definition) is 2. The fraction of sp³-hybridized carbons (Fsp3) is 0.200. The Labute approximate surface area is 153 Å². The van der Waals surface area contributed by atoms with Gasteiger partial charge in [-0.2, -0.15) is 0 Å².